The first kappa shape index (κ1) is 10.8. The third-order valence-corrected chi connectivity index (χ3v) is 3.43. The van der Waals surface area contributed by atoms with E-state index >= 15 is 0 Å². The Bertz CT molecular complexity index is 348. The van der Waals surface area contributed by atoms with Crippen molar-refractivity contribution in [2.75, 3.05) is 38.1 Å². The first-order valence-corrected chi connectivity index (χ1v) is 5.88. The quantitative estimate of drug-likeness (QED) is 0.845. The molecule has 0 atom stereocenters. The van der Waals surface area contributed by atoms with Gasteiger partial charge in [0.2, 0.25) is 0 Å². The van der Waals surface area contributed by atoms with Gasteiger partial charge in [-0.1, -0.05) is 0 Å². The minimum absolute atomic E-state index is 0.299. The third-order valence-electron chi connectivity index (χ3n) is 2.80. The molecule has 4 heteroatoms. The lowest BCUT2D eigenvalue weighted by atomic mass is 10.2. The molecule has 0 saturated carbocycles. The second-order valence-electron chi connectivity index (χ2n) is 3.93. The Hall–Kier alpha value is -0.740. The molecule has 3 nitrogen and oxygen atoms in total. The van der Waals surface area contributed by atoms with Crippen LogP contribution in [0.1, 0.15) is 0 Å². The van der Waals surface area contributed by atoms with E-state index in [0.717, 1.165) is 30.7 Å². The van der Waals surface area contributed by atoms with Crippen molar-refractivity contribution in [2.24, 2.45) is 0 Å². The smallest absolute Gasteiger partial charge is 0.129 e. The van der Waals surface area contributed by atoms with Gasteiger partial charge in [-0.25, -0.2) is 0 Å². The van der Waals surface area contributed by atoms with E-state index in [1.807, 2.05) is 12.1 Å². The Labute approximate surface area is 98.4 Å². The third kappa shape index (κ3) is 2.44. The van der Waals surface area contributed by atoms with Crippen molar-refractivity contribution in [3.63, 3.8) is 0 Å². The number of anilines is 1. The highest BCUT2D eigenvalue weighted by Gasteiger charge is 2.14. The van der Waals surface area contributed by atoms with Gasteiger partial charge >= 0.3 is 0 Å². The van der Waals surface area contributed by atoms with E-state index in [0.29, 0.717) is 5.75 Å². The van der Waals surface area contributed by atoms with Gasteiger partial charge in [-0.05, 0) is 41.2 Å². The predicted octanol–water partition coefficient (Wildman–Crippen LogP) is 1.91. The number of piperazine rings is 1. The van der Waals surface area contributed by atoms with Crippen molar-refractivity contribution in [1.82, 2.24) is 4.90 Å². The maximum atomic E-state index is 9.41. The number of nitrogens with zero attached hydrogens (tertiary/aromatic N) is 2. The summed E-state index contributed by atoms with van der Waals surface area (Å²) >= 11 is 3.34. The summed E-state index contributed by atoms with van der Waals surface area (Å²) < 4.78 is 0.763. The molecule has 2 rings (SSSR count). The zero-order valence-electron chi connectivity index (χ0n) is 8.78. The molecule has 1 saturated heterocycles. The molecule has 1 aliphatic heterocycles. The Morgan fingerprint density at radius 3 is 2.47 bits per heavy atom. The molecule has 1 heterocycles. The topological polar surface area (TPSA) is 26.7 Å². The van der Waals surface area contributed by atoms with E-state index in [1.165, 1.54) is 5.69 Å². The van der Waals surface area contributed by atoms with E-state index in [1.54, 1.807) is 6.07 Å². The second kappa shape index (κ2) is 4.41. The summed E-state index contributed by atoms with van der Waals surface area (Å²) in [4.78, 5) is 4.66. The first-order valence-electron chi connectivity index (χ1n) is 5.09. The fourth-order valence-electron chi connectivity index (χ4n) is 1.76. The molecule has 1 aromatic rings. The molecule has 1 N–H and O–H groups in total. The molecule has 1 fully saturated rings. The fourth-order valence-corrected chi connectivity index (χ4v) is 2.12. The highest BCUT2D eigenvalue weighted by Crippen LogP contribution is 2.28. The van der Waals surface area contributed by atoms with Crippen LogP contribution in [0.25, 0.3) is 0 Å². The van der Waals surface area contributed by atoms with Gasteiger partial charge in [0.1, 0.15) is 5.75 Å². The standard InChI is InChI=1S/C11H15BrN2O/c1-13-4-6-14(7-5-13)9-2-3-11(15)10(12)8-9/h2-3,8,15H,4-7H2,1H3. The fraction of sp³-hybridized carbons (Fsp3) is 0.455. The summed E-state index contributed by atoms with van der Waals surface area (Å²) in [6.07, 6.45) is 0. The van der Waals surface area contributed by atoms with Crippen LogP contribution in [-0.4, -0.2) is 43.2 Å². The van der Waals surface area contributed by atoms with E-state index in [4.69, 9.17) is 0 Å². The van der Waals surface area contributed by atoms with Crippen molar-refractivity contribution in [1.29, 1.82) is 0 Å². The number of likely N-dealkylation sites (N-methyl/N-ethyl adjacent to an activating group) is 1. The number of benzene rings is 1. The van der Waals surface area contributed by atoms with Gasteiger partial charge in [0.05, 0.1) is 4.47 Å². The van der Waals surface area contributed by atoms with Crippen LogP contribution in [0.5, 0.6) is 5.75 Å². The van der Waals surface area contributed by atoms with Crippen LogP contribution in [0.15, 0.2) is 22.7 Å². The van der Waals surface area contributed by atoms with Crippen LogP contribution in [0.3, 0.4) is 0 Å². The number of halogens is 1. The number of hydrogen-bond acceptors (Lipinski definition) is 3. The Kier molecular flexibility index (Phi) is 3.17. The number of rotatable bonds is 1. The average molecular weight is 271 g/mol. The van der Waals surface area contributed by atoms with Crippen molar-refractivity contribution in [3.05, 3.63) is 22.7 Å². The van der Waals surface area contributed by atoms with Crippen LogP contribution in [0.2, 0.25) is 0 Å². The molecule has 0 amide bonds. The lowest BCUT2D eigenvalue weighted by Gasteiger charge is -2.34. The monoisotopic (exact) mass is 270 g/mol. The van der Waals surface area contributed by atoms with Gasteiger partial charge in [-0.3, -0.25) is 0 Å². The van der Waals surface area contributed by atoms with Crippen molar-refractivity contribution in [2.45, 2.75) is 0 Å². The normalized spacial score (nSPS) is 18.1. The molecule has 15 heavy (non-hydrogen) atoms. The van der Waals surface area contributed by atoms with Crippen LogP contribution in [0, 0.1) is 0 Å². The van der Waals surface area contributed by atoms with Crippen molar-refractivity contribution < 1.29 is 5.11 Å². The maximum absolute atomic E-state index is 9.41. The number of hydrogen-bond donors (Lipinski definition) is 1. The molecule has 0 unspecified atom stereocenters. The van der Waals surface area contributed by atoms with Gasteiger partial charge in [-0.2, -0.15) is 0 Å². The second-order valence-corrected chi connectivity index (χ2v) is 4.78. The van der Waals surface area contributed by atoms with Crippen LogP contribution >= 0.6 is 15.9 Å². The van der Waals surface area contributed by atoms with E-state index in [9.17, 15) is 5.11 Å². The van der Waals surface area contributed by atoms with Gasteiger partial charge in [0, 0.05) is 31.9 Å². The summed E-state index contributed by atoms with van der Waals surface area (Å²) in [7, 11) is 2.14. The first-order chi connectivity index (χ1) is 7.16. The molecule has 0 aromatic heterocycles. The zero-order valence-corrected chi connectivity index (χ0v) is 10.4. The Morgan fingerprint density at radius 2 is 1.87 bits per heavy atom. The minimum atomic E-state index is 0.299. The summed E-state index contributed by atoms with van der Waals surface area (Å²) in [6.45, 7) is 4.29. The molecule has 0 aliphatic carbocycles. The summed E-state index contributed by atoms with van der Waals surface area (Å²) in [5, 5.41) is 9.41. The lowest BCUT2D eigenvalue weighted by molar-refractivity contribution is 0.313. The molecule has 0 bridgehead atoms. The maximum Gasteiger partial charge on any atom is 0.129 e. The van der Waals surface area contributed by atoms with E-state index in [-0.39, 0.29) is 0 Å². The molecule has 1 aliphatic rings. The van der Waals surface area contributed by atoms with E-state index in [2.05, 4.69) is 32.8 Å². The lowest BCUT2D eigenvalue weighted by Crippen LogP contribution is -2.44. The van der Waals surface area contributed by atoms with Crippen LogP contribution in [-0.2, 0) is 0 Å². The largest absolute Gasteiger partial charge is 0.507 e. The van der Waals surface area contributed by atoms with Gasteiger partial charge in [0.25, 0.3) is 0 Å². The predicted molar refractivity (Wildman–Crippen MR) is 65.5 cm³/mol. The highest BCUT2D eigenvalue weighted by atomic mass is 79.9. The van der Waals surface area contributed by atoms with Crippen LogP contribution in [0.4, 0.5) is 5.69 Å². The summed E-state index contributed by atoms with van der Waals surface area (Å²) in [6, 6.07) is 5.67. The van der Waals surface area contributed by atoms with Crippen molar-refractivity contribution in [3.8, 4) is 5.75 Å². The molecular formula is C11H15BrN2O. The molecule has 0 radical (unpaired) electrons. The summed E-state index contributed by atoms with van der Waals surface area (Å²) in [5.74, 6) is 0.299. The van der Waals surface area contributed by atoms with E-state index < -0.39 is 0 Å². The van der Waals surface area contributed by atoms with Crippen LogP contribution < -0.4 is 4.90 Å². The molecule has 1 aromatic carbocycles. The van der Waals surface area contributed by atoms with Gasteiger partial charge < -0.3 is 14.9 Å². The molecule has 82 valence electrons. The average Bonchev–Trinajstić information content (AvgIpc) is 2.23. The zero-order chi connectivity index (χ0) is 10.8. The van der Waals surface area contributed by atoms with Gasteiger partial charge in [-0.15, -0.1) is 0 Å². The minimum Gasteiger partial charge on any atom is -0.507 e. The highest BCUT2D eigenvalue weighted by molar-refractivity contribution is 9.10. The molecular weight excluding hydrogens is 256 g/mol. The Balaban J connectivity index is 2.12. The number of phenolic OH excluding ortho intramolecular Hbond substituents is 1. The van der Waals surface area contributed by atoms with Crippen molar-refractivity contribution >= 4 is 21.6 Å². The summed E-state index contributed by atoms with van der Waals surface area (Å²) in [5.41, 5.74) is 1.17. The SMILES string of the molecule is CN1CCN(c2ccc(O)c(Br)c2)CC1. The Morgan fingerprint density at radius 1 is 1.20 bits per heavy atom. The van der Waals surface area contributed by atoms with Gasteiger partial charge in [0.15, 0.2) is 0 Å². The molecule has 0 spiro atoms. The number of phenols is 1. The number of aromatic hydroxyl groups is 1.